The van der Waals surface area contributed by atoms with Gasteiger partial charge in [0.15, 0.2) is 5.82 Å². The summed E-state index contributed by atoms with van der Waals surface area (Å²) in [4.78, 5) is 25.4. The van der Waals surface area contributed by atoms with Crippen LogP contribution >= 0.6 is 0 Å². The van der Waals surface area contributed by atoms with E-state index in [-0.39, 0.29) is 18.1 Å². The third-order valence-electron chi connectivity index (χ3n) is 4.30. The number of amides is 1. The van der Waals surface area contributed by atoms with Crippen molar-refractivity contribution < 1.29 is 32.6 Å². The van der Waals surface area contributed by atoms with Gasteiger partial charge in [-0.1, -0.05) is 18.2 Å². The molecule has 1 aliphatic rings. The van der Waals surface area contributed by atoms with Crippen molar-refractivity contribution in [2.45, 2.75) is 24.7 Å². The molecule has 0 unspecified atom stereocenters. The van der Waals surface area contributed by atoms with Gasteiger partial charge in [0.25, 0.3) is 0 Å². The molecule has 2 atom stereocenters. The molecule has 0 aliphatic carbocycles. The lowest BCUT2D eigenvalue weighted by molar-refractivity contribution is -0.192. The van der Waals surface area contributed by atoms with E-state index in [1.807, 2.05) is 36.4 Å². The van der Waals surface area contributed by atoms with Crippen LogP contribution < -0.4 is 15.4 Å². The summed E-state index contributed by atoms with van der Waals surface area (Å²) in [5.41, 5.74) is 0.789. The fraction of sp³-hybridized carbons (Fsp3) is 0.263. The largest absolute Gasteiger partial charge is 0.490 e. The number of H-pyrrole nitrogens is 1. The first-order valence-corrected chi connectivity index (χ1v) is 9.08. The number of carbonyl (C=O) groups excluding carboxylic acids is 1. The smallest absolute Gasteiger partial charge is 0.489 e. The molecule has 4 rings (SSSR count). The van der Waals surface area contributed by atoms with Gasteiger partial charge in [0.1, 0.15) is 11.9 Å². The van der Waals surface area contributed by atoms with Gasteiger partial charge in [-0.15, -0.1) is 0 Å². The van der Waals surface area contributed by atoms with E-state index < -0.39 is 12.1 Å². The van der Waals surface area contributed by atoms with E-state index in [0.29, 0.717) is 18.8 Å². The number of nitrogens with zero attached hydrogens (tertiary/aromatic N) is 2. The van der Waals surface area contributed by atoms with Crippen LogP contribution in [0.2, 0.25) is 0 Å². The van der Waals surface area contributed by atoms with Crippen molar-refractivity contribution in [1.82, 2.24) is 20.5 Å². The number of aromatic nitrogens is 3. The normalized spacial score (nSPS) is 18.2. The van der Waals surface area contributed by atoms with Gasteiger partial charge in [0.2, 0.25) is 5.91 Å². The molecule has 0 spiro atoms. The van der Waals surface area contributed by atoms with Gasteiger partial charge in [-0.05, 0) is 18.2 Å². The number of carboxylic acid groups (broad SMARTS) is 1. The standard InChI is InChI=1S/C17H17N5O2.C2HF3O2/c23-17(20-16-13-6-7-18-10-15(13)21-22-16)14-8-12(9-19-14)24-11-4-2-1-3-5-11;3-2(4,5)1(6)7/h1-7,10,12,14,19H,8-9H2,(H2,20,21,22,23);(H,6,7)/t12-,14-;/m0./s1. The van der Waals surface area contributed by atoms with Crippen molar-refractivity contribution in [1.29, 1.82) is 0 Å². The summed E-state index contributed by atoms with van der Waals surface area (Å²) in [5.74, 6) is -1.53. The Balaban J connectivity index is 0.000000339. The maximum atomic E-state index is 12.5. The quantitative estimate of drug-likeness (QED) is 0.493. The van der Waals surface area contributed by atoms with E-state index in [1.54, 1.807) is 12.4 Å². The number of rotatable bonds is 4. The number of ether oxygens (including phenoxy) is 1. The van der Waals surface area contributed by atoms with Crippen LogP contribution in [-0.2, 0) is 9.59 Å². The average molecular weight is 437 g/mol. The number of carboxylic acids is 1. The summed E-state index contributed by atoms with van der Waals surface area (Å²) < 4.78 is 37.6. The number of para-hydroxylation sites is 1. The van der Waals surface area contributed by atoms with Gasteiger partial charge in [-0.2, -0.15) is 18.3 Å². The summed E-state index contributed by atoms with van der Waals surface area (Å²) in [6.07, 6.45) is -1.14. The SMILES string of the molecule is O=C(Nc1n[nH]c2cnccc12)[C@@H]1C[C@H](Oc2ccccc2)CN1.O=C(O)C(F)(F)F. The minimum atomic E-state index is -5.08. The molecule has 0 saturated carbocycles. The molecule has 3 aromatic rings. The first kappa shape index (κ1) is 22.0. The van der Waals surface area contributed by atoms with Crippen molar-refractivity contribution in [3.8, 4) is 5.75 Å². The molecule has 4 N–H and O–H groups in total. The number of nitrogens with one attached hydrogen (secondary N) is 3. The van der Waals surface area contributed by atoms with Crippen molar-refractivity contribution in [2.24, 2.45) is 0 Å². The second kappa shape index (κ2) is 9.43. The fourth-order valence-electron chi connectivity index (χ4n) is 2.85. The maximum Gasteiger partial charge on any atom is 0.490 e. The Morgan fingerprint density at radius 1 is 1.19 bits per heavy atom. The monoisotopic (exact) mass is 437 g/mol. The number of fused-ring (bicyclic) bond motifs is 1. The maximum absolute atomic E-state index is 12.5. The van der Waals surface area contributed by atoms with E-state index in [0.717, 1.165) is 16.7 Å². The Hall–Kier alpha value is -3.67. The molecule has 3 heterocycles. The summed E-state index contributed by atoms with van der Waals surface area (Å²) in [6, 6.07) is 11.2. The van der Waals surface area contributed by atoms with E-state index in [2.05, 4.69) is 25.8 Å². The number of alkyl halides is 3. The van der Waals surface area contributed by atoms with Crippen molar-refractivity contribution in [2.75, 3.05) is 11.9 Å². The molecule has 12 heteroatoms. The second-order valence-corrected chi connectivity index (χ2v) is 6.54. The van der Waals surface area contributed by atoms with Gasteiger partial charge >= 0.3 is 12.1 Å². The summed E-state index contributed by atoms with van der Waals surface area (Å²) >= 11 is 0. The zero-order valence-corrected chi connectivity index (χ0v) is 15.9. The average Bonchev–Trinajstić information content (AvgIpc) is 3.36. The molecule has 0 bridgehead atoms. The molecule has 1 amide bonds. The summed E-state index contributed by atoms with van der Waals surface area (Å²) in [5, 5.41) is 21.0. The molecule has 164 valence electrons. The Kier molecular flexibility index (Phi) is 6.70. The Labute approximate surface area is 173 Å². The molecule has 1 aromatic carbocycles. The van der Waals surface area contributed by atoms with Crippen LogP contribution in [0.1, 0.15) is 6.42 Å². The molecule has 2 aromatic heterocycles. The zero-order valence-electron chi connectivity index (χ0n) is 15.9. The number of pyridine rings is 1. The molecule has 9 nitrogen and oxygen atoms in total. The number of halogens is 3. The number of hydrogen-bond donors (Lipinski definition) is 4. The number of anilines is 1. The molecule has 1 saturated heterocycles. The minimum Gasteiger partial charge on any atom is -0.489 e. The molecular formula is C19H18F3N5O4. The van der Waals surface area contributed by atoms with Crippen LogP contribution in [0.15, 0.2) is 48.8 Å². The van der Waals surface area contributed by atoms with Gasteiger partial charge < -0.3 is 20.5 Å². The first-order chi connectivity index (χ1) is 14.7. The van der Waals surface area contributed by atoms with Crippen LogP contribution in [0, 0.1) is 0 Å². The highest BCUT2D eigenvalue weighted by Crippen LogP contribution is 2.21. The summed E-state index contributed by atoms with van der Waals surface area (Å²) in [6.45, 7) is 0.637. The highest BCUT2D eigenvalue weighted by Gasteiger charge is 2.38. The van der Waals surface area contributed by atoms with E-state index in [4.69, 9.17) is 14.6 Å². The van der Waals surface area contributed by atoms with Crippen LogP contribution in [-0.4, -0.2) is 57.0 Å². The van der Waals surface area contributed by atoms with Crippen molar-refractivity contribution in [3.05, 3.63) is 48.8 Å². The van der Waals surface area contributed by atoms with Crippen LogP contribution in [0.5, 0.6) is 5.75 Å². The number of aliphatic carboxylic acids is 1. The van der Waals surface area contributed by atoms with Crippen LogP contribution in [0.3, 0.4) is 0 Å². The Morgan fingerprint density at radius 3 is 2.58 bits per heavy atom. The molecule has 1 fully saturated rings. The second-order valence-electron chi connectivity index (χ2n) is 6.54. The van der Waals surface area contributed by atoms with Crippen LogP contribution in [0.4, 0.5) is 19.0 Å². The lowest BCUT2D eigenvalue weighted by atomic mass is 10.2. The number of carbonyl (C=O) groups is 2. The Bertz CT molecular complexity index is 1040. The highest BCUT2D eigenvalue weighted by molar-refractivity contribution is 6.01. The number of hydrogen-bond acceptors (Lipinski definition) is 6. The predicted molar refractivity (Wildman–Crippen MR) is 103 cm³/mol. The predicted octanol–water partition coefficient (Wildman–Crippen LogP) is 2.34. The molecular weight excluding hydrogens is 419 g/mol. The van der Waals surface area contributed by atoms with E-state index in [9.17, 15) is 18.0 Å². The van der Waals surface area contributed by atoms with Crippen LogP contribution in [0.25, 0.3) is 10.9 Å². The fourth-order valence-corrected chi connectivity index (χ4v) is 2.85. The van der Waals surface area contributed by atoms with Gasteiger partial charge in [-0.25, -0.2) is 4.79 Å². The minimum absolute atomic E-state index is 0.0247. The van der Waals surface area contributed by atoms with Crippen molar-refractivity contribution in [3.63, 3.8) is 0 Å². The molecule has 1 aliphatic heterocycles. The lowest BCUT2D eigenvalue weighted by Gasteiger charge is -2.13. The first-order valence-electron chi connectivity index (χ1n) is 9.08. The zero-order chi connectivity index (χ0) is 22.4. The van der Waals surface area contributed by atoms with E-state index >= 15 is 0 Å². The van der Waals surface area contributed by atoms with Gasteiger partial charge in [0.05, 0.1) is 17.8 Å². The third kappa shape index (κ3) is 5.92. The number of aromatic amines is 1. The molecule has 31 heavy (non-hydrogen) atoms. The summed E-state index contributed by atoms with van der Waals surface area (Å²) in [7, 11) is 0. The van der Waals surface area contributed by atoms with E-state index in [1.165, 1.54) is 0 Å². The lowest BCUT2D eigenvalue weighted by Crippen LogP contribution is -2.35. The van der Waals surface area contributed by atoms with Gasteiger partial charge in [0, 0.05) is 24.5 Å². The topological polar surface area (TPSA) is 129 Å². The third-order valence-corrected chi connectivity index (χ3v) is 4.30. The highest BCUT2D eigenvalue weighted by atomic mass is 19.4. The molecule has 0 radical (unpaired) electrons. The number of benzene rings is 1. The van der Waals surface area contributed by atoms with Gasteiger partial charge in [-0.3, -0.25) is 14.9 Å². The Morgan fingerprint density at radius 2 is 1.90 bits per heavy atom. The van der Waals surface area contributed by atoms with Crippen molar-refractivity contribution >= 4 is 28.6 Å².